The summed E-state index contributed by atoms with van der Waals surface area (Å²) in [7, 11) is 0. The molecule has 0 radical (unpaired) electrons. The number of unbranched alkanes of at least 4 members (excludes halogenated alkanes) is 4. The molecule has 1 heterocycles. The maximum absolute atomic E-state index is 12.0. The van der Waals surface area contributed by atoms with Gasteiger partial charge in [0.2, 0.25) is 11.8 Å². The molecule has 0 aliphatic rings. The molecule has 1 aromatic heterocycles. The second kappa shape index (κ2) is 9.66. The Morgan fingerprint density at radius 1 is 0.622 bits per heavy atom. The molecule has 5 nitrogen and oxygen atoms in total. The minimum absolute atomic E-state index is 0.248. The van der Waals surface area contributed by atoms with Crippen LogP contribution >= 0.6 is 0 Å². The Morgan fingerprint density at radius 3 is 1.95 bits per heavy atom. The van der Waals surface area contributed by atoms with E-state index in [1.54, 1.807) is 0 Å². The van der Waals surface area contributed by atoms with Crippen molar-refractivity contribution in [3.63, 3.8) is 0 Å². The summed E-state index contributed by atoms with van der Waals surface area (Å²) < 4.78 is 0.739. The second-order valence-corrected chi connectivity index (χ2v) is 9.79. The molecule has 0 fully saturated rings. The summed E-state index contributed by atoms with van der Waals surface area (Å²) in [6.07, 6.45) is 6.14. The molecular formula is C32H29NO4. The van der Waals surface area contributed by atoms with Crippen LogP contribution in [0.3, 0.4) is 0 Å². The number of hydrogen-bond donors (Lipinski definition) is 2. The Balaban J connectivity index is 1.13. The van der Waals surface area contributed by atoms with Gasteiger partial charge in [0, 0.05) is 18.6 Å². The lowest BCUT2D eigenvalue weighted by Crippen LogP contribution is -2.18. The van der Waals surface area contributed by atoms with E-state index >= 15 is 0 Å². The Kier molecular flexibility index (Phi) is 6.05. The molecule has 6 aromatic rings. The third kappa shape index (κ3) is 4.20. The van der Waals surface area contributed by atoms with Crippen molar-refractivity contribution in [2.45, 2.75) is 44.9 Å². The fourth-order valence-electron chi connectivity index (χ4n) is 5.69. The molecule has 0 bridgehead atoms. The van der Waals surface area contributed by atoms with Gasteiger partial charge in [-0.25, -0.2) is 4.79 Å². The highest BCUT2D eigenvalue weighted by atomic mass is 16.7. The van der Waals surface area contributed by atoms with Crippen LogP contribution in [0.2, 0.25) is 0 Å². The van der Waals surface area contributed by atoms with Crippen molar-refractivity contribution in [3.8, 4) is 11.8 Å². The van der Waals surface area contributed by atoms with Gasteiger partial charge in [-0.05, 0) is 67.9 Å². The van der Waals surface area contributed by atoms with E-state index in [-0.39, 0.29) is 18.2 Å². The fraction of sp³-hybridized carbons (Fsp3) is 0.219. The predicted octanol–water partition coefficient (Wildman–Crippen LogP) is 7.49. The lowest BCUT2D eigenvalue weighted by Gasteiger charge is -2.17. The van der Waals surface area contributed by atoms with E-state index in [0.717, 1.165) is 36.8 Å². The zero-order chi connectivity index (χ0) is 25.4. The molecular weight excluding hydrogens is 462 g/mol. The van der Waals surface area contributed by atoms with Gasteiger partial charge < -0.3 is 15.1 Å². The van der Waals surface area contributed by atoms with E-state index in [4.69, 9.17) is 4.84 Å². The van der Waals surface area contributed by atoms with Crippen LogP contribution < -0.4 is 4.84 Å². The zero-order valence-electron chi connectivity index (χ0n) is 20.6. The molecule has 0 spiro atoms. The molecule has 0 unspecified atom stereocenters. The summed E-state index contributed by atoms with van der Waals surface area (Å²) >= 11 is 0. The molecule has 0 saturated carbocycles. The van der Waals surface area contributed by atoms with Crippen molar-refractivity contribution in [1.82, 2.24) is 4.73 Å². The maximum Gasteiger partial charge on any atom is 0.333 e. The van der Waals surface area contributed by atoms with Gasteiger partial charge in [-0.1, -0.05) is 86.0 Å². The molecule has 0 amide bonds. The van der Waals surface area contributed by atoms with Gasteiger partial charge in [0.15, 0.2) is 0 Å². The first-order chi connectivity index (χ1) is 18.1. The predicted molar refractivity (Wildman–Crippen MR) is 148 cm³/mol. The van der Waals surface area contributed by atoms with Crippen molar-refractivity contribution < 1.29 is 19.8 Å². The number of carbonyl (C=O) groups excluding carboxylic acids is 1. The molecule has 0 atom stereocenters. The highest BCUT2D eigenvalue weighted by molar-refractivity contribution is 6.33. The summed E-state index contributed by atoms with van der Waals surface area (Å²) in [5, 5.41) is 29.8. The van der Waals surface area contributed by atoms with E-state index in [1.165, 1.54) is 60.8 Å². The van der Waals surface area contributed by atoms with Crippen LogP contribution in [0.25, 0.3) is 43.1 Å². The number of carbonyl (C=O) groups is 1. The van der Waals surface area contributed by atoms with Gasteiger partial charge in [-0.2, -0.15) is 0 Å². The Morgan fingerprint density at radius 2 is 1.22 bits per heavy atom. The number of aryl methyl sites for hydroxylation is 1. The van der Waals surface area contributed by atoms with Crippen LogP contribution in [0.15, 0.2) is 78.9 Å². The zero-order valence-corrected chi connectivity index (χ0v) is 20.6. The van der Waals surface area contributed by atoms with Crippen molar-refractivity contribution in [3.05, 3.63) is 84.4 Å². The third-order valence-electron chi connectivity index (χ3n) is 7.41. The lowest BCUT2D eigenvalue weighted by atomic mass is 9.86. The van der Waals surface area contributed by atoms with Crippen molar-refractivity contribution >= 4 is 49.1 Å². The Hall–Kier alpha value is -4.25. The highest BCUT2D eigenvalue weighted by Crippen LogP contribution is 2.41. The van der Waals surface area contributed by atoms with Gasteiger partial charge in [-0.3, -0.25) is 0 Å². The van der Waals surface area contributed by atoms with Gasteiger partial charge in [-0.15, -0.1) is 4.73 Å². The maximum atomic E-state index is 12.0. The van der Waals surface area contributed by atoms with Crippen LogP contribution in [-0.2, 0) is 11.2 Å². The highest BCUT2D eigenvalue weighted by Gasteiger charge is 2.15. The van der Waals surface area contributed by atoms with E-state index in [9.17, 15) is 15.0 Å². The van der Waals surface area contributed by atoms with Crippen LogP contribution in [0.1, 0.15) is 44.1 Å². The van der Waals surface area contributed by atoms with Crippen molar-refractivity contribution in [2.75, 3.05) is 0 Å². The number of rotatable bonds is 9. The molecule has 6 rings (SSSR count). The van der Waals surface area contributed by atoms with Crippen molar-refractivity contribution in [2.24, 2.45) is 0 Å². The molecule has 37 heavy (non-hydrogen) atoms. The minimum Gasteiger partial charge on any atom is -0.492 e. The summed E-state index contributed by atoms with van der Waals surface area (Å²) in [5.41, 5.74) is 1.40. The van der Waals surface area contributed by atoms with Crippen LogP contribution in [-0.4, -0.2) is 20.9 Å². The average molecular weight is 492 g/mol. The SMILES string of the molecule is O=C(CCCCCCCc1ccc2cccc3c4cccc5cccc(c1c23)c54)On1c(O)ccc1O. The first-order valence-electron chi connectivity index (χ1n) is 13.0. The molecule has 2 N–H and O–H groups in total. The van der Waals surface area contributed by atoms with E-state index in [1.807, 2.05) is 0 Å². The monoisotopic (exact) mass is 491 g/mol. The topological polar surface area (TPSA) is 71.7 Å². The van der Waals surface area contributed by atoms with Gasteiger partial charge in [0.1, 0.15) is 0 Å². The van der Waals surface area contributed by atoms with Gasteiger partial charge >= 0.3 is 5.97 Å². The number of aromatic hydroxyl groups is 2. The summed E-state index contributed by atoms with van der Waals surface area (Å²) in [5.74, 6) is -1.07. The van der Waals surface area contributed by atoms with Gasteiger partial charge in [0.25, 0.3) is 0 Å². The van der Waals surface area contributed by atoms with Crippen LogP contribution in [0.4, 0.5) is 0 Å². The summed E-state index contributed by atoms with van der Waals surface area (Å²) in [4.78, 5) is 17.0. The Labute approximate surface area is 214 Å². The molecule has 186 valence electrons. The van der Waals surface area contributed by atoms with Crippen molar-refractivity contribution in [1.29, 1.82) is 0 Å². The largest absolute Gasteiger partial charge is 0.492 e. The number of aromatic nitrogens is 1. The van der Waals surface area contributed by atoms with Gasteiger partial charge in [0.05, 0.1) is 0 Å². The first-order valence-corrected chi connectivity index (χ1v) is 13.0. The van der Waals surface area contributed by atoms with E-state index in [2.05, 4.69) is 66.7 Å². The quantitative estimate of drug-likeness (QED) is 0.125. The van der Waals surface area contributed by atoms with E-state index < -0.39 is 5.97 Å². The third-order valence-corrected chi connectivity index (χ3v) is 7.41. The Bertz CT molecular complexity index is 1710. The number of hydrogen-bond acceptors (Lipinski definition) is 4. The fourth-order valence-corrected chi connectivity index (χ4v) is 5.69. The minimum atomic E-state index is -0.470. The number of nitrogens with zero attached hydrogens (tertiary/aromatic N) is 1. The summed E-state index contributed by atoms with van der Waals surface area (Å²) in [6.45, 7) is 0. The lowest BCUT2D eigenvalue weighted by molar-refractivity contribution is -0.145. The normalized spacial score (nSPS) is 11.8. The molecule has 5 aromatic carbocycles. The number of fused-ring (bicyclic) bond motifs is 2. The molecule has 0 aliphatic carbocycles. The number of benzene rings is 5. The second-order valence-electron chi connectivity index (χ2n) is 9.79. The average Bonchev–Trinajstić information content (AvgIpc) is 3.23. The van der Waals surface area contributed by atoms with Crippen LogP contribution in [0, 0.1) is 0 Å². The smallest absolute Gasteiger partial charge is 0.333 e. The summed E-state index contributed by atoms with van der Waals surface area (Å²) in [6, 6.07) is 27.0. The molecule has 0 aliphatic heterocycles. The molecule has 0 saturated heterocycles. The van der Waals surface area contributed by atoms with E-state index in [0.29, 0.717) is 6.42 Å². The van der Waals surface area contributed by atoms with Crippen LogP contribution in [0.5, 0.6) is 11.8 Å². The molecule has 5 heteroatoms. The standard InChI is InChI=1S/C32H29NO4/c34-27-19-20-28(35)33(27)37-29(36)16-5-3-1-2-4-9-22-17-18-23-12-7-14-25-24-13-6-10-21-11-8-15-26(30(21)24)32(22)31(23)25/h6-8,10-15,17-20,34-35H,1-5,9,16H2. The first kappa shape index (κ1) is 23.2.